The maximum absolute atomic E-state index is 11.8. The van der Waals surface area contributed by atoms with Crippen molar-refractivity contribution < 1.29 is 13.3 Å². The molecule has 0 saturated carbocycles. The van der Waals surface area contributed by atoms with E-state index in [4.69, 9.17) is 0 Å². The highest BCUT2D eigenvalue weighted by Crippen LogP contribution is 2.25. The number of nitro groups is 1. The van der Waals surface area contributed by atoms with Gasteiger partial charge >= 0.3 is 0 Å². The second kappa shape index (κ2) is 7.61. The van der Waals surface area contributed by atoms with Crippen LogP contribution < -0.4 is 9.62 Å². The fourth-order valence-corrected chi connectivity index (χ4v) is 2.96. The van der Waals surface area contributed by atoms with Gasteiger partial charge in [0, 0.05) is 36.6 Å². The lowest BCUT2D eigenvalue weighted by Crippen LogP contribution is -2.24. The first-order chi connectivity index (χ1) is 13.2. The number of nitrogens with zero attached hydrogens (tertiary/aromatic N) is 4. The van der Waals surface area contributed by atoms with Gasteiger partial charge in [-0.05, 0) is 24.3 Å². The van der Waals surface area contributed by atoms with Crippen molar-refractivity contribution in [3.8, 4) is 11.3 Å². The topological polar surface area (TPSA) is 118 Å². The first kappa shape index (κ1) is 19.2. The lowest BCUT2D eigenvalue weighted by atomic mass is 10.1. The number of benzene rings is 2. The maximum Gasteiger partial charge on any atom is 0.271 e. The van der Waals surface area contributed by atoms with Gasteiger partial charge in [0.25, 0.3) is 5.69 Å². The molecule has 0 aliphatic heterocycles. The van der Waals surface area contributed by atoms with Crippen molar-refractivity contribution >= 4 is 33.0 Å². The minimum absolute atomic E-state index is 0.0438. The van der Waals surface area contributed by atoms with Crippen molar-refractivity contribution in [2.24, 2.45) is 0 Å². The Kier molecular flexibility index (Phi) is 5.23. The number of hydrogen-bond donors (Lipinski definition) is 1. The number of anilines is 3. The first-order valence-electron chi connectivity index (χ1n) is 8.13. The van der Waals surface area contributed by atoms with Crippen LogP contribution in [-0.4, -0.2) is 36.6 Å². The lowest BCUT2D eigenvalue weighted by Gasteiger charge is -2.17. The minimum Gasteiger partial charge on any atom is -0.324 e. The predicted molar refractivity (Wildman–Crippen MR) is 107 cm³/mol. The zero-order valence-electron chi connectivity index (χ0n) is 15.1. The molecular weight excluding hydrogens is 382 g/mol. The Hall–Kier alpha value is -3.53. The van der Waals surface area contributed by atoms with Crippen molar-refractivity contribution in [3.05, 3.63) is 70.9 Å². The summed E-state index contributed by atoms with van der Waals surface area (Å²) in [6.45, 7) is 0. The molecule has 3 aromatic rings. The Bertz CT molecular complexity index is 1130. The summed E-state index contributed by atoms with van der Waals surface area (Å²) < 4.78 is 24.7. The number of hydrogen-bond acceptors (Lipinski definition) is 7. The van der Waals surface area contributed by atoms with Gasteiger partial charge in [0.05, 0.1) is 22.6 Å². The second-order valence-corrected chi connectivity index (χ2v) is 7.99. The Labute approximate surface area is 161 Å². The summed E-state index contributed by atoms with van der Waals surface area (Å²) >= 11 is 0. The second-order valence-electron chi connectivity index (χ2n) is 5.98. The summed E-state index contributed by atoms with van der Waals surface area (Å²) in [7, 11) is -1.91. The predicted octanol–water partition coefficient (Wildman–Crippen LogP) is 3.19. The summed E-state index contributed by atoms with van der Waals surface area (Å²) in [6.07, 6.45) is 2.68. The molecular formula is C18H17N5O4S. The van der Waals surface area contributed by atoms with E-state index in [9.17, 15) is 18.5 Å². The molecule has 0 fully saturated rings. The van der Waals surface area contributed by atoms with E-state index < -0.39 is 14.9 Å². The molecule has 3 rings (SSSR count). The molecule has 2 aromatic carbocycles. The van der Waals surface area contributed by atoms with Gasteiger partial charge in [0.1, 0.15) is 0 Å². The van der Waals surface area contributed by atoms with Gasteiger partial charge in [-0.15, -0.1) is 0 Å². The molecule has 10 heteroatoms. The number of nitrogens with one attached hydrogen (secondary N) is 1. The van der Waals surface area contributed by atoms with E-state index in [1.165, 1.54) is 23.5 Å². The van der Waals surface area contributed by atoms with Crippen molar-refractivity contribution in [1.82, 2.24) is 9.97 Å². The normalized spacial score (nSPS) is 11.1. The molecule has 1 aromatic heterocycles. The molecule has 0 saturated heterocycles. The van der Waals surface area contributed by atoms with Crippen molar-refractivity contribution in [2.75, 3.05) is 22.9 Å². The van der Waals surface area contributed by atoms with Crippen LogP contribution in [0.15, 0.2) is 60.8 Å². The zero-order chi connectivity index (χ0) is 20.3. The molecule has 0 atom stereocenters. The Morgan fingerprint density at radius 1 is 1.11 bits per heavy atom. The summed E-state index contributed by atoms with van der Waals surface area (Å²) in [5.41, 5.74) is 2.23. The van der Waals surface area contributed by atoms with E-state index in [-0.39, 0.29) is 11.6 Å². The van der Waals surface area contributed by atoms with Gasteiger partial charge in [-0.3, -0.25) is 14.4 Å². The van der Waals surface area contributed by atoms with E-state index in [0.29, 0.717) is 22.6 Å². The van der Waals surface area contributed by atoms with Crippen LogP contribution in [0.2, 0.25) is 0 Å². The monoisotopic (exact) mass is 399 g/mol. The van der Waals surface area contributed by atoms with E-state index in [2.05, 4.69) is 15.3 Å². The van der Waals surface area contributed by atoms with E-state index >= 15 is 0 Å². The summed E-state index contributed by atoms with van der Waals surface area (Å²) in [4.78, 5) is 19.0. The third kappa shape index (κ3) is 4.41. The van der Waals surface area contributed by atoms with Crippen molar-refractivity contribution in [2.45, 2.75) is 0 Å². The highest BCUT2D eigenvalue weighted by Gasteiger charge is 2.13. The molecule has 9 nitrogen and oxygen atoms in total. The fraction of sp³-hybridized carbons (Fsp3) is 0.111. The lowest BCUT2D eigenvalue weighted by molar-refractivity contribution is -0.384. The van der Waals surface area contributed by atoms with Crippen LogP contribution in [0.1, 0.15) is 0 Å². The molecule has 1 heterocycles. The summed E-state index contributed by atoms with van der Waals surface area (Å²) in [6, 6.07) is 14.7. The molecule has 0 unspecified atom stereocenters. The number of nitro benzene ring substituents is 1. The SMILES string of the molecule is CN(c1cccc(-c2ccnc(Nc3cccc([N+](=O)[O-])c3)n2)c1)S(C)(=O)=O. The average Bonchev–Trinajstić information content (AvgIpc) is 2.67. The van der Waals surface area contributed by atoms with Gasteiger partial charge in [-0.1, -0.05) is 18.2 Å². The van der Waals surface area contributed by atoms with Crippen LogP contribution in [0, 0.1) is 10.1 Å². The van der Waals surface area contributed by atoms with Gasteiger partial charge in [0.2, 0.25) is 16.0 Å². The quantitative estimate of drug-likeness (QED) is 0.499. The molecule has 0 amide bonds. The molecule has 1 N–H and O–H groups in total. The van der Waals surface area contributed by atoms with Crippen LogP contribution >= 0.6 is 0 Å². The van der Waals surface area contributed by atoms with Crippen LogP contribution in [-0.2, 0) is 10.0 Å². The van der Waals surface area contributed by atoms with Crippen LogP contribution in [0.4, 0.5) is 23.0 Å². The number of sulfonamides is 1. The largest absolute Gasteiger partial charge is 0.324 e. The van der Waals surface area contributed by atoms with Gasteiger partial charge in [-0.25, -0.2) is 18.4 Å². The Morgan fingerprint density at radius 3 is 2.57 bits per heavy atom. The Morgan fingerprint density at radius 2 is 1.86 bits per heavy atom. The third-order valence-electron chi connectivity index (χ3n) is 3.97. The fourth-order valence-electron chi connectivity index (χ4n) is 2.46. The van der Waals surface area contributed by atoms with E-state index in [1.807, 2.05) is 0 Å². The van der Waals surface area contributed by atoms with E-state index in [0.717, 1.165) is 6.26 Å². The molecule has 0 radical (unpaired) electrons. The number of rotatable bonds is 6. The summed E-state index contributed by atoms with van der Waals surface area (Å²) in [5.74, 6) is 0.264. The molecule has 0 aliphatic carbocycles. The van der Waals surface area contributed by atoms with Crippen molar-refractivity contribution in [3.63, 3.8) is 0 Å². The van der Waals surface area contributed by atoms with Crippen LogP contribution in [0.25, 0.3) is 11.3 Å². The number of aromatic nitrogens is 2. The molecule has 144 valence electrons. The average molecular weight is 399 g/mol. The molecule has 0 aliphatic rings. The highest BCUT2D eigenvalue weighted by molar-refractivity contribution is 7.92. The van der Waals surface area contributed by atoms with Gasteiger partial charge in [0.15, 0.2) is 0 Å². The van der Waals surface area contributed by atoms with Crippen LogP contribution in [0.3, 0.4) is 0 Å². The van der Waals surface area contributed by atoms with Crippen LogP contribution in [0.5, 0.6) is 0 Å². The molecule has 28 heavy (non-hydrogen) atoms. The first-order valence-corrected chi connectivity index (χ1v) is 9.98. The summed E-state index contributed by atoms with van der Waals surface area (Å²) in [5, 5.41) is 13.8. The van der Waals surface area contributed by atoms with Gasteiger partial charge in [-0.2, -0.15) is 0 Å². The smallest absolute Gasteiger partial charge is 0.271 e. The molecule has 0 bridgehead atoms. The zero-order valence-corrected chi connectivity index (χ0v) is 15.9. The molecule has 0 spiro atoms. The third-order valence-corrected chi connectivity index (χ3v) is 5.18. The minimum atomic E-state index is -3.38. The highest BCUT2D eigenvalue weighted by atomic mass is 32.2. The maximum atomic E-state index is 11.8. The Balaban J connectivity index is 1.90. The number of non-ortho nitro benzene ring substituents is 1. The van der Waals surface area contributed by atoms with Crippen molar-refractivity contribution in [1.29, 1.82) is 0 Å². The van der Waals surface area contributed by atoms with Gasteiger partial charge < -0.3 is 5.32 Å². The van der Waals surface area contributed by atoms with E-state index in [1.54, 1.807) is 48.7 Å². The standard InChI is InChI=1S/C18H17N5O4S/c1-22(28(2,26)27)15-7-3-5-13(11-15)17-9-10-19-18(21-17)20-14-6-4-8-16(12-14)23(24)25/h3-12H,1-2H3,(H,19,20,21).